The first-order valence-electron chi connectivity index (χ1n) is 9.96. The molecule has 0 unspecified atom stereocenters. The predicted molar refractivity (Wildman–Crippen MR) is 111 cm³/mol. The number of aryl methyl sites for hydroxylation is 1. The van der Waals surface area contributed by atoms with Crippen LogP contribution in [0.3, 0.4) is 0 Å². The summed E-state index contributed by atoms with van der Waals surface area (Å²) < 4.78 is 5.34. The minimum absolute atomic E-state index is 0.126. The van der Waals surface area contributed by atoms with Crippen molar-refractivity contribution in [1.82, 2.24) is 0 Å². The van der Waals surface area contributed by atoms with Gasteiger partial charge in [-0.05, 0) is 80.4 Å². The first-order chi connectivity index (χ1) is 13.6. The van der Waals surface area contributed by atoms with Crippen LogP contribution >= 0.6 is 11.6 Å². The minimum Gasteiger partial charge on any atom is -0.462 e. The van der Waals surface area contributed by atoms with Crippen LogP contribution in [0.15, 0.2) is 46.6 Å². The van der Waals surface area contributed by atoms with Crippen LogP contribution in [-0.4, -0.2) is 24.4 Å². The number of allylic oxidation sites excluding steroid dienone is 3. The number of benzene rings is 1. The van der Waals surface area contributed by atoms with Gasteiger partial charge in [0.25, 0.3) is 5.91 Å². The van der Waals surface area contributed by atoms with Crippen molar-refractivity contribution in [2.24, 2.45) is 0 Å². The molecule has 1 amide bonds. The van der Waals surface area contributed by atoms with Gasteiger partial charge in [0, 0.05) is 22.7 Å². The summed E-state index contributed by atoms with van der Waals surface area (Å²) in [4.78, 5) is 25.3. The van der Waals surface area contributed by atoms with Gasteiger partial charge < -0.3 is 10.1 Å². The van der Waals surface area contributed by atoms with E-state index in [4.69, 9.17) is 16.3 Å². The Balaban J connectivity index is 1.77. The standard InChI is InChI=1S/C23H24ClNO3/c1-2-28-23(27)21-16(12-15-5-3-4-6-17(15)21)13-19-18-11-14(9-10-24)7-8-20(18)25-22(19)26/h7-8,11,13H,2-6,9-10,12H2,1H3,(H,25,26). The Kier molecular flexibility index (Phi) is 5.40. The van der Waals surface area contributed by atoms with Crippen LogP contribution < -0.4 is 5.32 Å². The highest BCUT2D eigenvalue weighted by molar-refractivity contribution is 6.32. The molecule has 0 fully saturated rings. The van der Waals surface area contributed by atoms with Gasteiger partial charge in [0.05, 0.1) is 12.2 Å². The van der Waals surface area contributed by atoms with Crippen molar-refractivity contribution in [2.45, 2.75) is 45.4 Å². The van der Waals surface area contributed by atoms with Crippen LogP contribution in [0.2, 0.25) is 0 Å². The summed E-state index contributed by atoms with van der Waals surface area (Å²) >= 11 is 5.88. The molecule has 1 aromatic carbocycles. The summed E-state index contributed by atoms with van der Waals surface area (Å²) in [7, 11) is 0. The minimum atomic E-state index is -0.268. The maximum absolute atomic E-state index is 12.7. The third kappa shape index (κ3) is 3.42. The van der Waals surface area contributed by atoms with Crippen LogP contribution in [0.25, 0.3) is 5.57 Å². The van der Waals surface area contributed by atoms with Gasteiger partial charge in [0.15, 0.2) is 0 Å². The van der Waals surface area contributed by atoms with Crippen LogP contribution in [0, 0.1) is 0 Å². The van der Waals surface area contributed by atoms with E-state index in [1.54, 1.807) is 0 Å². The Labute approximate surface area is 170 Å². The SMILES string of the molecule is CCOC(=O)C1=C(C=C2C(=O)Nc3ccc(CCCl)cc32)CC2=C1CCCC2. The zero-order chi connectivity index (χ0) is 19.7. The van der Waals surface area contributed by atoms with Gasteiger partial charge in [0.2, 0.25) is 0 Å². The molecule has 28 heavy (non-hydrogen) atoms. The summed E-state index contributed by atoms with van der Waals surface area (Å²) in [5.74, 6) is 0.142. The second-order valence-electron chi connectivity index (χ2n) is 7.42. The van der Waals surface area contributed by atoms with Crippen LogP contribution in [0.4, 0.5) is 5.69 Å². The average molecular weight is 398 g/mol. The molecule has 146 valence electrons. The number of hydrogen-bond acceptors (Lipinski definition) is 3. The van der Waals surface area contributed by atoms with Gasteiger partial charge in [-0.3, -0.25) is 4.79 Å². The number of hydrogen-bond donors (Lipinski definition) is 1. The molecule has 1 aliphatic heterocycles. The molecule has 0 saturated carbocycles. The van der Waals surface area contributed by atoms with E-state index < -0.39 is 0 Å². The van der Waals surface area contributed by atoms with Gasteiger partial charge in [-0.25, -0.2) is 4.79 Å². The Morgan fingerprint density at radius 1 is 1.29 bits per heavy atom. The third-order valence-electron chi connectivity index (χ3n) is 5.66. The average Bonchev–Trinajstić information content (AvgIpc) is 3.20. The number of anilines is 1. The molecule has 2 aliphatic carbocycles. The van der Waals surface area contributed by atoms with E-state index in [9.17, 15) is 9.59 Å². The van der Waals surface area contributed by atoms with Crippen molar-refractivity contribution in [1.29, 1.82) is 0 Å². The highest BCUT2D eigenvalue weighted by atomic mass is 35.5. The molecule has 0 aromatic heterocycles. The number of carbonyl (C=O) groups excluding carboxylic acids is 2. The first kappa shape index (κ1) is 19.0. The summed E-state index contributed by atoms with van der Waals surface area (Å²) in [6, 6.07) is 5.94. The number of halogens is 1. The van der Waals surface area contributed by atoms with E-state index in [-0.39, 0.29) is 11.9 Å². The van der Waals surface area contributed by atoms with Gasteiger partial charge in [-0.15, -0.1) is 11.6 Å². The molecule has 1 heterocycles. The molecule has 0 spiro atoms. The quantitative estimate of drug-likeness (QED) is 0.435. The van der Waals surface area contributed by atoms with Gasteiger partial charge in [0.1, 0.15) is 0 Å². The summed E-state index contributed by atoms with van der Waals surface area (Å²) in [6.45, 7) is 2.17. The molecule has 5 heteroatoms. The lowest BCUT2D eigenvalue weighted by atomic mass is 9.91. The largest absolute Gasteiger partial charge is 0.462 e. The Morgan fingerprint density at radius 2 is 2.11 bits per heavy atom. The fourth-order valence-corrected chi connectivity index (χ4v) is 4.59. The summed E-state index contributed by atoms with van der Waals surface area (Å²) in [5.41, 5.74) is 7.47. The molecule has 1 aromatic rings. The van der Waals surface area contributed by atoms with E-state index in [1.165, 1.54) is 5.57 Å². The van der Waals surface area contributed by atoms with E-state index in [2.05, 4.69) is 5.32 Å². The van der Waals surface area contributed by atoms with Crippen molar-refractivity contribution >= 4 is 34.7 Å². The highest BCUT2D eigenvalue weighted by Crippen LogP contribution is 2.44. The second-order valence-corrected chi connectivity index (χ2v) is 7.80. The van der Waals surface area contributed by atoms with Crippen molar-refractivity contribution in [2.75, 3.05) is 17.8 Å². The molecule has 4 nitrogen and oxygen atoms in total. The van der Waals surface area contributed by atoms with Gasteiger partial charge >= 0.3 is 5.97 Å². The van der Waals surface area contributed by atoms with Gasteiger partial charge in [-0.2, -0.15) is 0 Å². The molecular formula is C23H24ClNO3. The van der Waals surface area contributed by atoms with E-state index in [0.29, 0.717) is 23.6 Å². The van der Waals surface area contributed by atoms with Crippen LogP contribution in [-0.2, 0) is 20.7 Å². The molecule has 4 rings (SSSR count). The first-order valence-corrected chi connectivity index (χ1v) is 10.5. The third-order valence-corrected chi connectivity index (χ3v) is 5.85. The summed E-state index contributed by atoms with van der Waals surface area (Å²) in [5, 5.41) is 2.93. The van der Waals surface area contributed by atoms with Crippen molar-refractivity contribution < 1.29 is 14.3 Å². The van der Waals surface area contributed by atoms with Crippen LogP contribution in [0.1, 0.15) is 50.2 Å². The van der Waals surface area contributed by atoms with Crippen molar-refractivity contribution in [3.63, 3.8) is 0 Å². The fourth-order valence-electron chi connectivity index (χ4n) is 4.37. The number of ether oxygens (including phenoxy) is 1. The second kappa shape index (κ2) is 7.96. The number of carbonyl (C=O) groups is 2. The van der Waals surface area contributed by atoms with E-state index in [0.717, 1.165) is 66.5 Å². The Bertz CT molecular complexity index is 939. The fraction of sp³-hybridized carbons (Fsp3) is 0.391. The number of esters is 1. The predicted octanol–water partition coefficient (Wildman–Crippen LogP) is 4.94. The van der Waals surface area contributed by atoms with E-state index in [1.807, 2.05) is 31.2 Å². The molecule has 0 radical (unpaired) electrons. The number of fused-ring (bicyclic) bond motifs is 1. The summed E-state index contributed by atoms with van der Waals surface area (Å²) in [6.07, 6.45) is 7.57. The molecule has 3 aliphatic rings. The normalized spacial score (nSPS) is 19.8. The monoisotopic (exact) mass is 397 g/mol. The van der Waals surface area contributed by atoms with E-state index >= 15 is 0 Å². The Morgan fingerprint density at radius 3 is 2.89 bits per heavy atom. The molecule has 1 N–H and O–H groups in total. The highest BCUT2D eigenvalue weighted by Gasteiger charge is 2.32. The lowest BCUT2D eigenvalue weighted by Gasteiger charge is -2.15. The maximum Gasteiger partial charge on any atom is 0.338 e. The molecule has 0 saturated heterocycles. The lowest BCUT2D eigenvalue weighted by molar-refractivity contribution is -0.138. The number of alkyl halides is 1. The molecule has 0 atom stereocenters. The number of amides is 1. The smallest absolute Gasteiger partial charge is 0.338 e. The molecular weight excluding hydrogens is 374 g/mol. The lowest BCUT2D eigenvalue weighted by Crippen LogP contribution is -2.11. The zero-order valence-electron chi connectivity index (χ0n) is 16.1. The topological polar surface area (TPSA) is 55.4 Å². The number of nitrogens with one attached hydrogen (secondary N) is 1. The zero-order valence-corrected chi connectivity index (χ0v) is 16.8. The van der Waals surface area contributed by atoms with Crippen molar-refractivity contribution in [3.05, 3.63) is 57.7 Å². The number of rotatable bonds is 5. The Hall–Kier alpha value is -2.33. The van der Waals surface area contributed by atoms with Crippen molar-refractivity contribution in [3.8, 4) is 0 Å². The van der Waals surface area contributed by atoms with Gasteiger partial charge in [-0.1, -0.05) is 11.6 Å². The van der Waals surface area contributed by atoms with Crippen LogP contribution in [0.5, 0.6) is 0 Å². The maximum atomic E-state index is 12.7. The molecule has 0 bridgehead atoms.